The summed E-state index contributed by atoms with van der Waals surface area (Å²) in [6, 6.07) is 8.14. The number of benzene rings is 1. The van der Waals surface area contributed by atoms with Crippen molar-refractivity contribution in [3.05, 3.63) is 29.8 Å². The van der Waals surface area contributed by atoms with Crippen LogP contribution in [0.5, 0.6) is 5.75 Å². The maximum Gasteiger partial charge on any atom is 0.243 e. The summed E-state index contributed by atoms with van der Waals surface area (Å²) >= 11 is 0. The zero-order valence-corrected chi connectivity index (χ0v) is 18.1. The van der Waals surface area contributed by atoms with Crippen molar-refractivity contribution in [1.29, 1.82) is 0 Å². The minimum Gasteiger partial charge on any atom is -0.493 e. The van der Waals surface area contributed by atoms with Gasteiger partial charge in [-0.2, -0.15) is 0 Å². The van der Waals surface area contributed by atoms with Gasteiger partial charge in [-0.05, 0) is 19.5 Å². The molecule has 2 rings (SSSR count). The smallest absolute Gasteiger partial charge is 0.243 e. The molecule has 0 aliphatic carbocycles. The SMILES string of the molecule is COCCCN(C)CCNC(=NCC(=O)N(C)C)NC1CCOc2ccccc21. The van der Waals surface area contributed by atoms with Crippen LogP contribution < -0.4 is 15.4 Å². The van der Waals surface area contributed by atoms with Gasteiger partial charge in [-0.25, -0.2) is 4.99 Å². The molecular weight excluding hydrogens is 370 g/mol. The third kappa shape index (κ3) is 7.91. The highest BCUT2D eigenvalue weighted by Gasteiger charge is 2.22. The Balaban J connectivity index is 1.96. The molecule has 0 bridgehead atoms. The quantitative estimate of drug-likeness (QED) is 0.345. The van der Waals surface area contributed by atoms with Crippen LogP contribution >= 0.6 is 0 Å². The molecule has 0 saturated heterocycles. The molecule has 0 saturated carbocycles. The van der Waals surface area contributed by atoms with Gasteiger partial charge in [0.2, 0.25) is 5.91 Å². The number of carbonyl (C=O) groups is 1. The lowest BCUT2D eigenvalue weighted by molar-refractivity contribution is -0.127. The Labute approximate surface area is 174 Å². The number of rotatable bonds is 10. The van der Waals surface area contributed by atoms with Gasteiger partial charge in [0.15, 0.2) is 5.96 Å². The standard InChI is InChI=1S/C21H35N5O3/c1-25(2)20(27)16-23-21(22-11-13-26(3)12-7-14-28-4)24-18-10-15-29-19-9-6-5-8-17(18)19/h5-6,8-9,18H,7,10-16H2,1-4H3,(H2,22,23,24). The molecular formula is C21H35N5O3. The highest BCUT2D eigenvalue weighted by Crippen LogP contribution is 2.31. The predicted molar refractivity (Wildman–Crippen MR) is 115 cm³/mol. The fourth-order valence-electron chi connectivity index (χ4n) is 3.05. The Hall–Kier alpha value is -2.32. The van der Waals surface area contributed by atoms with E-state index in [-0.39, 0.29) is 18.5 Å². The number of ether oxygens (including phenoxy) is 2. The summed E-state index contributed by atoms with van der Waals surface area (Å²) in [6.45, 7) is 4.11. The lowest BCUT2D eigenvalue weighted by atomic mass is 10.0. The summed E-state index contributed by atoms with van der Waals surface area (Å²) < 4.78 is 10.9. The summed E-state index contributed by atoms with van der Waals surface area (Å²) in [5, 5.41) is 6.85. The minimum absolute atomic E-state index is 0.0323. The second kappa shape index (κ2) is 12.3. The van der Waals surface area contributed by atoms with Gasteiger partial charge in [-0.15, -0.1) is 0 Å². The number of nitrogens with zero attached hydrogens (tertiary/aromatic N) is 3. The molecule has 0 spiro atoms. The van der Waals surface area contributed by atoms with Gasteiger partial charge >= 0.3 is 0 Å². The molecule has 1 atom stereocenters. The molecule has 1 unspecified atom stereocenters. The van der Waals surface area contributed by atoms with Crippen molar-refractivity contribution in [2.75, 3.05) is 67.6 Å². The van der Waals surface area contributed by atoms with Crippen LogP contribution in [-0.4, -0.2) is 89.3 Å². The van der Waals surface area contributed by atoms with Crippen molar-refractivity contribution in [2.24, 2.45) is 4.99 Å². The zero-order valence-electron chi connectivity index (χ0n) is 18.1. The van der Waals surface area contributed by atoms with Gasteiger partial charge in [0.25, 0.3) is 0 Å². The van der Waals surface area contributed by atoms with Gasteiger partial charge in [0, 0.05) is 59.4 Å². The van der Waals surface area contributed by atoms with Crippen molar-refractivity contribution in [3.63, 3.8) is 0 Å². The van der Waals surface area contributed by atoms with E-state index < -0.39 is 0 Å². The van der Waals surface area contributed by atoms with Crippen LogP contribution in [0.15, 0.2) is 29.3 Å². The third-order valence-electron chi connectivity index (χ3n) is 4.81. The van der Waals surface area contributed by atoms with Crippen molar-refractivity contribution in [2.45, 2.75) is 18.9 Å². The van der Waals surface area contributed by atoms with Gasteiger partial charge in [0.05, 0.1) is 12.6 Å². The van der Waals surface area contributed by atoms with E-state index >= 15 is 0 Å². The van der Waals surface area contributed by atoms with E-state index in [4.69, 9.17) is 9.47 Å². The molecule has 8 heteroatoms. The van der Waals surface area contributed by atoms with Crippen molar-refractivity contribution < 1.29 is 14.3 Å². The van der Waals surface area contributed by atoms with Crippen LogP contribution in [0.3, 0.4) is 0 Å². The Morgan fingerprint density at radius 2 is 2.07 bits per heavy atom. The van der Waals surface area contributed by atoms with E-state index in [1.54, 1.807) is 26.1 Å². The van der Waals surface area contributed by atoms with Crippen molar-refractivity contribution in [1.82, 2.24) is 20.4 Å². The average Bonchev–Trinajstić information content (AvgIpc) is 2.72. The number of methoxy groups -OCH3 is 1. The number of hydrogen-bond donors (Lipinski definition) is 2. The maximum absolute atomic E-state index is 12.0. The molecule has 29 heavy (non-hydrogen) atoms. The summed E-state index contributed by atoms with van der Waals surface area (Å²) in [7, 11) is 7.29. The van der Waals surface area contributed by atoms with Crippen molar-refractivity contribution in [3.8, 4) is 5.75 Å². The molecule has 1 aromatic rings. The number of aliphatic imine (C=N–C) groups is 1. The second-order valence-electron chi connectivity index (χ2n) is 7.40. The molecule has 162 valence electrons. The van der Waals surface area contributed by atoms with Gasteiger partial charge < -0.3 is 29.9 Å². The Morgan fingerprint density at radius 1 is 1.28 bits per heavy atom. The van der Waals surface area contributed by atoms with Gasteiger partial charge in [0.1, 0.15) is 12.3 Å². The normalized spacial score (nSPS) is 16.2. The Morgan fingerprint density at radius 3 is 2.83 bits per heavy atom. The van der Waals surface area contributed by atoms with Gasteiger partial charge in [-0.3, -0.25) is 4.79 Å². The first-order chi connectivity index (χ1) is 14.0. The summed E-state index contributed by atoms with van der Waals surface area (Å²) in [4.78, 5) is 20.3. The number of fused-ring (bicyclic) bond motifs is 1. The summed E-state index contributed by atoms with van der Waals surface area (Å²) in [5.41, 5.74) is 1.11. The molecule has 1 amide bonds. The molecule has 1 aliphatic rings. The number of guanidine groups is 1. The van der Waals surface area contributed by atoms with E-state index in [9.17, 15) is 4.79 Å². The predicted octanol–water partition coefficient (Wildman–Crippen LogP) is 1.10. The van der Waals surface area contributed by atoms with E-state index in [1.807, 2.05) is 18.2 Å². The highest BCUT2D eigenvalue weighted by molar-refractivity contribution is 5.85. The maximum atomic E-state index is 12.0. The lowest BCUT2D eigenvalue weighted by Crippen LogP contribution is -2.44. The number of carbonyl (C=O) groups excluding carboxylic acids is 1. The topological polar surface area (TPSA) is 78.4 Å². The zero-order chi connectivity index (χ0) is 21.1. The first kappa shape index (κ1) is 23.0. The summed E-state index contributed by atoms with van der Waals surface area (Å²) in [5.74, 6) is 1.51. The van der Waals surface area contributed by atoms with E-state index in [2.05, 4.69) is 33.6 Å². The van der Waals surface area contributed by atoms with Gasteiger partial charge in [-0.1, -0.05) is 18.2 Å². The Kier molecular flexibility index (Phi) is 9.73. The van der Waals surface area contributed by atoms with Crippen LogP contribution in [0, 0.1) is 0 Å². The molecule has 2 N–H and O–H groups in total. The monoisotopic (exact) mass is 405 g/mol. The number of nitrogens with one attached hydrogen (secondary N) is 2. The molecule has 1 aromatic carbocycles. The largest absolute Gasteiger partial charge is 0.493 e. The van der Waals surface area contributed by atoms with Crippen LogP contribution in [0.2, 0.25) is 0 Å². The first-order valence-corrected chi connectivity index (χ1v) is 10.2. The van der Waals surface area contributed by atoms with E-state index in [0.717, 1.165) is 50.4 Å². The fraction of sp³-hybridized carbons (Fsp3) is 0.619. The summed E-state index contributed by atoms with van der Waals surface area (Å²) in [6.07, 6.45) is 1.85. The van der Waals surface area contributed by atoms with E-state index in [1.165, 1.54) is 0 Å². The minimum atomic E-state index is -0.0323. The number of amides is 1. The molecule has 1 heterocycles. The molecule has 8 nitrogen and oxygen atoms in total. The number of para-hydroxylation sites is 1. The second-order valence-corrected chi connectivity index (χ2v) is 7.40. The molecule has 0 radical (unpaired) electrons. The van der Waals surface area contributed by atoms with Crippen LogP contribution in [-0.2, 0) is 9.53 Å². The highest BCUT2D eigenvalue weighted by atomic mass is 16.5. The van der Waals surface area contributed by atoms with Crippen LogP contribution in [0.25, 0.3) is 0 Å². The third-order valence-corrected chi connectivity index (χ3v) is 4.81. The molecule has 1 aliphatic heterocycles. The molecule has 0 fully saturated rings. The molecule has 0 aromatic heterocycles. The fourth-order valence-corrected chi connectivity index (χ4v) is 3.05. The van der Waals surface area contributed by atoms with Crippen LogP contribution in [0.1, 0.15) is 24.4 Å². The first-order valence-electron chi connectivity index (χ1n) is 10.2. The number of hydrogen-bond acceptors (Lipinski definition) is 5. The van der Waals surface area contributed by atoms with Crippen molar-refractivity contribution >= 4 is 11.9 Å². The average molecular weight is 406 g/mol. The lowest BCUT2D eigenvalue weighted by Gasteiger charge is -2.28. The van der Waals surface area contributed by atoms with E-state index in [0.29, 0.717) is 12.6 Å². The van der Waals surface area contributed by atoms with Crippen LogP contribution in [0.4, 0.5) is 0 Å². The Bertz CT molecular complexity index is 665. The number of likely N-dealkylation sites (N-methyl/N-ethyl adjacent to an activating group) is 2.